The van der Waals surface area contributed by atoms with Crippen LogP contribution in [0.1, 0.15) is 22.3 Å². The van der Waals surface area contributed by atoms with Crippen LogP contribution in [0.3, 0.4) is 0 Å². The standard InChI is InChI=1S/C50H28N4S/c1-2-12-30(13-3-1)47-51-48(31-25-27-43-35(28-31)34-17-6-9-23-42(34)55-43)53-49(52-47)54-40-22-11-21-39-45(40)46-41(54)26-24-29-14-10-20-38(44(29)46)50(39)36-18-7-4-15-32(36)33-16-5-8-19-37(33)50/h1-28H. The van der Waals surface area contributed by atoms with Crippen LogP contribution >= 0.6 is 11.3 Å². The van der Waals surface area contributed by atoms with Crippen LogP contribution in [-0.2, 0) is 5.41 Å². The first-order valence-electron chi connectivity index (χ1n) is 18.7. The fourth-order valence-corrected chi connectivity index (χ4v) is 11.0. The number of benzene rings is 8. The van der Waals surface area contributed by atoms with Gasteiger partial charge in [0, 0.05) is 42.1 Å². The Labute approximate surface area is 319 Å². The van der Waals surface area contributed by atoms with Gasteiger partial charge < -0.3 is 0 Å². The zero-order valence-corrected chi connectivity index (χ0v) is 30.2. The van der Waals surface area contributed by atoms with Crippen molar-refractivity contribution in [3.05, 3.63) is 192 Å². The molecule has 3 aromatic heterocycles. The summed E-state index contributed by atoms with van der Waals surface area (Å²) in [5.41, 5.74) is 11.5. The Morgan fingerprint density at radius 3 is 1.87 bits per heavy atom. The molecule has 1 spiro atoms. The molecule has 0 N–H and O–H groups in total. The van der Waals surface area contributed by atoms with Crippen LogP contribution in [0.5, 0.6) is 0 Å². The molecule has 254 valence electrons. The molecule has 0 saturated carbocycles. The lowest BCUT2D eigenvalue weighted by atomic mass is 9.63. The third kappa shape index (κ3) is 3.73. The fraction of sp³-hybridized carbons (Fsp3) is 0.0200. The number of thiophene rings is 1. The molecule has 0 fully saturated rings. The normalized spacial score (nSPS) is 13.6. The minimum absolute atomic E-state index is 0.474. The van der Waals surface area contributed by atoms with Crippen LogP contribution in [0.25, 0.3) is 92.6 Å². The molecule has 2 aliphatic rings. The molecule has 0 aliphatic heterocycles. The molecule has 55 heavy (non-hydrogen) atoms. The maximum absolute atomic E-state index is 5.37. The number of rotatable bonds is 3. The molecule has 0 saturated heterocycles. The molecule has 0 radical (unpaired) electrons. The SMILES string of the molecule is c1ccc(-c2nc(-c3ccc4sc5ccccc5c4c3)nc(-n3c4cccc5c4c4c6c(cccc6ccc43)C53c4ccccc4-c4ccccc43)n2)cc1. The van der Waals surface area contributed by atoms with Gasteiger partial charge in [0.05, 0.1) is 16.4 Å². The third-order valence-corrected chi connectivity index (χ3v) is 13.2. The molecule has 8 aromatic carbocycles. The van der Waals surface area contributed by atoms with Crippen LogP contribution in [0.2, 0.25) is 0 Å². The quantitative estimate of drug-likeness (QED) is 0.183. The molecular weight excluding hydrogens is 689 g/mol. The highest BCUT2D eigenvalue weighted by Gasteiger charge is 2.50. The summed E-state index contributed by atoms with van der Waals surface area (Å²) in [5.74, 6) is 1.91. The predicted molar refractivity (Wildman–Crippen MR) is 226 cm³/mol. The van der Waals surface area contributed by atoms with Crippen LogP contribution in [0, 0.1) is 0 Å². The van der Waals surface area contributed by atoms with E-state index in [0.717, 1.165) is 22.2 Å². The minimum atomic E-state index is -0.474. The lowest BCUT2D eigenvalue weighted by Gasteiger charge is -2.37. The van der Waals surface area contributed by atoms with E-state index in [0.29, 0.717) is 17.6 Å². The zero-order valence-electron chi connectivity index (χ0n) is 29.4. The van der Waals surface area contributed by atoms with Crippen molar-refractivity contribution in [2.24, 2.45) is 0 Å². The lowest BCUT2D eigenvalue weighted by Crippen LogP contribution is -2.30. The predicted octanol–water partition coefficient (Wildman–Crippen LogP) is 12.5. The van der Waals surface area contributed by atoms with Crippen molar-refractivity contribution in [2.75, 3.05) is 0 Å². The van der Waals surface area contributed by atoms with E-state index in [1.165, 1.54) is 75.1 Å². The van der Waals surface area contributed by atoms with Gasteiger partial charge in [-0.25, -0.2) is 4.98 Å². The average Bonchev–Trinajstić information content (AvgIpc) is 3.90. The summed E-state index contributed by atoms with van der Waals surface area (Å²) in [6, 6.07) is 61.7. The van der Waals surface area contributed by atoms with Gasteiger partial charge in [-0.15, -0.1) is 11.3 Å². The van der Waals surface area contributed by atoms with Gasteiger partial charge in [-0.1, -0.05) is 133 Å². The van der Waals surface area contributed by atoms with Crippen molar-refractivity contribution in [2.45, 2.75) is 5.41 Å². The van der Waals surface area contributed by atoms with E-state index in [-0.39, 0.29) is 0 Å². The van der Waals surface area contributed by atoms with E-state index < -0.39 is 5.41 Å². The second-order valence-corrected chi connectivity index (χ2v) is 15.8. The fourth-order valence-electron chi connectivity index (χ4n) is 9.90. The maximum atomic E-state index is 5.37. The topological polar surface area (TPSA) is 43.6 Å². The summed E-state index contributed by atoms with van der Waals surface area (Å²) in [5, 5.41) is 7.50. The molecule has 11 aromatic rings. The van der Waals surface area contributed by atoms with E-state index in [9.17, 15) is 0 Å². The smallest absolute Gasteiger partial charge is 0.238 e. The van der Waals surface area contributed by atoms with Gasteiger partial charge in [0.25, 0.3) is 0 Å². The summed E-state index contributed by atoms with van der Waals surface area (Å²) >= 11 is 1.82. The Morgan fingerprint density at radius 1 is 0.418 bits per heavy atom. The number of fused-ring (bicyclic) bond motifs is 10. The number of hydrogen-bond acceptors (Lipinski definition) is 4. The monoisotopic (exact) mass is 716 g/mol. The highest BCUT2D eigenvalue weighted by atomic mass is 32.1. The Kier molecular flexibility index (Phi) is 5.68. The van der Waals surface area contributed by atoms with E-state index in [2.05, 4.69) is 156 Å². The lowest BCUT2D eigenvalue weighted by molar-refractivity contribution is 0.783. The van der Waals surface area contributed by atoms with E-state index in [4.69, 9.17) is 15.0 Å². The molecule has 5 heteroatoms. The van der Waals surface area contributed by atoms with Crippen molar-refractivity contribution < 1.29 is 0 Å². The first-order chi connectivity index (χ1) is 27.3. The Balaban J connectivity index is 1.15. The van der Waals surface area contributed by atoms with Gasteiger partial charge in [-0.3, -0.25) is 4.57 Å². The molecule has 13 rings (SSSR count). The third-order valence-electron chi connectivity index (χ3n) is 12.0. The highest BCUT2D eigenvalue weighted by molar-refractivity contribution is 7.25. The van der Waals surface area contributed by atoms with Gasteiger partial charge in [-0.05, 0) is 80.6 Å². The summed E-state index contributed by atoms with van der Waals surface area (Å²) in [7, 11) is 0. The van der Waals surface area contributed by atoms with Gasteiger partial charge in [0.2, 0.25) is 5.95 Å². The van der Waals surface area contributed by atoms with Crippen molar-refractivity contribution in [3.8, 4) is 39.9 Å². The molecule has 2 aliphatic carbocycles. The average molecular weight is 717 g/mol. The van der Waals surface area contributed by atoms with E-state index in [1.807, 2.05) is 29.5 Å². The van der Waals surface area contributed by atoms with Crippen molar-refractivity contribution >= 4 is 64.1 Å². The summed E-state index contributed by atoms with van der Waals surface area (Å²) in [4.78, 5) is 15.8. The molecule has 0 bridgehead atoms. The number of aromatic nitrogens is 4. The van der Waals surface area contributed by atoms with Gasteiger partial charge in [-0.2, -0.15) is 9.97 Å². The molecule has 0 atom stereocenters. The second-order valence-electron chi connectivity index (χ2n) is 14.7. The van der Waals surface area contributed by atoms with E-state index in [1.54, 1.807) is 0 Å². The highest BCUT2D eigenvalue weighted by Crippen LogP contribution is 2.62. The number of hydrogen-bond donors (Lipinski definition) is 0. The Morgan fingerprint density at radius 2 is 1.05 bits per heavy atom. The molecule has 0 unspecified atom stereocenters. The largest absolute Gasteiger partial charge is 0.278 e. The molecular formula is C50H28N4S. The van der Waals surface area contributed by atoms with Crippen LogP contribution in [0.4, 0.5) is 0 Å². The first-order valence-corrected chi connectivity index (χ1v) is 19.5. The van der Waals surface area contributed by atoms with Crippen LogP contribution in [0.15, 0.2) is 170 Å². The van der Waals surface area contributed by atoms with Crippen LogP contribution < -0.4 is 0 Å². The minimum Gasteiger partial charge on any atom is -0.278 e. The summed E-state index contributed by atoms with van der Waals surface area (Å²) in [6.45, 7) is 0. The Bertz CT molecular complexity index is 3400. The second kappa shape index (κ2) is 10.6. The maximum Gasteiger partial charge on any atom is 0.238 e. The van der Waals surface area contributed by atoms with Gasteiger partial charge >= 0.3 is 0 Å². The van der Waals surface area contributed by atoms with Crippen molar-refractivity contribution in [1.29, 1.82) is 0 Å². The van der Waals surface area contributed by atoms with Crippen LogP contribution in [-0.4, -0.2) is 19.5 Å². The molecule has 3 heterocycles. The summed E-state index contributed by atoms with van der Waals surface area (Å²) in [6.07, 6.45) is 0. The Hall–Kier alpha value is -6.95. The number of nitrogens with zero attached hydrogens (tertiary/aromatic N) is 4. The van der Waals surface area contributed by atoms with Gasteiger partial charge in [0.15, 0.2) is 11.6 Å². The van der Waals surface area contributed by atoms with E-state index >= 15 is 0 Å². The molecule has 4 nitrogen and oxygen atoms in total. The first kappa shape index (κ1) is 29.5. The molecule has 0 amide bonds. The summed E-state index contributed by atoms with van der Waals surface area (Å²) < 4.78 is 4.81. The zero-order chi connectivity index (χ0) is 35.8. The van der Waals surface area contributed by atoms with Crippen molar-refractivity contribution in [3.63, 3.8) is 0 Å². The van der Waals surface area contributed by atoms with Crippen molar-refractivity contribution in [1.82, 2.24) is 19.5 Å². The van der Waals surface area contributed by atoms with Gasteiger partial charge in [0.1, 0.15) is 0 Å².